The highest BCUT2D eigenvalue weighted by molar-refractivity contribution is 5.20. The average Bonchev–Trinajstić information content (AvgIpc) is 2.74. The molecule has 1 aromatic heterocycles. The summed E-state index contributed by atoms with van der Waals surface area (Å²) in [7, 11) is 0. The van der Waals surface area contributed by atoms with Crippen LogP contribution in [0.1, 0.15) is 42.9 Å². The number of hydrogen-bond acceptors (Lipinski definition) is 2. The number of aromatic amines is 1. The summed E-state index contributed by atoms with van der Waals surface area (Å²) in [5.74, 6) is 0.700. The molecule has 0 aromatic carbocycles. The molecular formula is C9H15N3. The molecule has 1 fully saturated rings. The van der Waals surface area contributed by atoms with Gasteiger partial charge in [0.2, 0.25) is 0 Å². The van der Waals surface area contributed by atoms with Crippen LogP contribution in [0.3, 0.4) is 0 Å². The summed E-state index contributed by atoms with van der Waals surface area (Å²) >= 11 is 0. The van der Waals surface area contributed by atoms with Crippen molar-refractivity contribution < 1.29 is 0 Å². The van der Waals surface area contributed by atoms with Gasteiger partial charge in [0.05, 0.1) is 6.20 Å². The van der Waals surface area contributed by atoms with Crippen molar-refractivity contribution in [3.05, 3.63) is 17.5 Å². The van der Waals surface area contributed by atoms with Crippen LogP contribution >= 0.6 is 0 Å². The van der Waals surface area contributed by atoms with Crippen LogP contribution in [0.5, 0.6) is 0 Å². The van der Waals surface area contributed by atoms with Gasteiger partial charge in [-0.05, 0) is 12.8 Å². The Morgan fingerprint density at radius 2 is 2.25 bits per heavy atom. The summed E-state index contributed by atoms with van der Waals surface area (Å²) in [6.45, 7) is 0.613. The first-order chi connectivity index (χ1) is 5.92. The quantitative estimate of drug-likeness (QED) is 0.698. The normalized spacial score (nSPS) is 18.8. The summed E-state index contributed by atoms with van der Waals surface area (Å²) in [6.07, 6.45) is 7.17. The molecule has 0 unspecified atom stereocenters. The molecule has 2 rings (SSSR count). The van der Waals surface area contributed by atoms with E-state index in [-0.39, 0.29) is 0 Å². The third-order valence-corrected chi connectivity index (χ3v) is 2.73. The highest BCUT2D eigenvalue weighted by Gasteiger charge is 2.20. The standard InChI is InChI=1S/C9H15N3/c10-5-8-6-11-12-9(8)7-3-1-2-4-7/h6-7H,1-5,10H2,(H,11,12). The largest absolute Gasteiger partial charge is 0.326 e. The van der Waals surface area contributed by atoms with Gasteiger partial charge in [-0.25, -0.2) is 0 Å². The molecule has 0 amide bonds. The molecule has 0 radical (unpaired) electrons. The molecule has 0 saturated heterocycles. The fourth-order valence-electron chi connectivity index (χ4n) is 2.05. The molecular weight excluding hydrogens is 150 g/mol. The van der Waals surface area contributed by atoms with Gasteiger partial charge in [0.15, 0.2) is 0 Å². The first kappa shape index (κ1) is 7.80. The van der Waals surface area contributed by atoms with Crippen LogP contribution in [0.4, 0.5) is 0 Å². The lowest BCUT2D eigenvalue weighted by Gasteiger charge is -2.07. The Balaban J connectivity index is 2.19. The van der Waals surface area contributed by atoms with E-state index in [9.17, 15) is 0 Å². The first-order valence-electron chi connectivity index (χ1n) is 4.64. The van der Waals surface area contributed by atoms with E-state index >= 15 is 0 Å². The van der Waals surface area contributed by atoms with Crippen molar-refractivity contribution in [2.24, 2.45) is 5.73 Å². The molecule has 1 aliphatic carbocycles. The molecule has 1 aliphatic rings. The maximum absolute atomic E-state index is 5.60. The summed E-state index contributed by atoms with van der Waals surface area (Å²) in [5, 5.41) is 7.10. The monoisotopic (exact) mass is 165 g/mol. The lowest BCUT2D eigenvalue weighted by molar-refractivity contribution is 0.684. The predicted molar refractivity (Wildman–Crippen MR) is 47.7 cm³/mol. The number of nitrogens with one attached hydrogen (secondary N) is 1. The topological polar surface area (TPSA) is 54.7 Å². The molecule has 0 bridgehead atoms. The van der Waals surface area contributed by atoms with Crippen molar-refractivity contribution >= 4 is 0 Å². The van der Waals surface area contributed by atoms with Crippen LogP contribution in [0, 0.1) is 0 Å². The first-order valence-corrected chi connectivity index (χ1v) is 4.64. The zero-order valence-corrected chi connectivity index (χ0v) is 7.21. The Bertz CT molecular complexity index is 248. The number of nitrogens with two attached hydrogens (primary N) is 1. The van der Waals surface area contributed by atoms with Crippen molar-refractivity contribution in [2.45, 2.75) is 38.1 Å². The number of hydrogen-bond donors (Lipinski definition) is 2. The van der Waals surface area contributed by atoms with Crippen LogP contribution in [0.2, 0.25) is 0 Å². The fraction of sp³-hybridized carbons (Fsp3) is 0.667. The molecule has 3 nitrogen and oxygen atoms in total. The average molecular weight is 165 g/mol. The molecule has 1 saturated carbocycles. The van der Waals surface area contributed by atoms with Gasteiger partial charge in [-0.15, -0.1) is 0 Å². The van der Waals surface area contributed by atoms with Gasteiger partial charge in [0.25, 0.3) is 0 Å². The van der Waals surface area contributed by atoms with Crippen molar-refractivity contribution in [1.29, 1.82) is 0 Å². The van der Waals surface area contributed by atoms with Crippen molar-refractivity contribution in [3.8, 4) is 0 Å². The Hall–Kier alpha value is -0.830. The molecule has 0 spiro atoms. The van der Waals surface area contributed by atoms with E-state index in [1.807, 2.05) is 6.20 Å². The third kappa shape index (κ3) is 1.25. The zero-order valence-electron chi connectivity index (χ0n) is 7.21. The van der Waals surface area contributed by atoms with E-state index in [2.05, 4.69) is 10.2 Å². The van der Waals surface area contributed by atoms with E-state index in [1.54, 1.807) is 0 Å². The number of nitrogens with zero attached hydrogens (tertiary/aromatic N) is 1. The second-order valence-electron chi connectivity index (χ2n) is 3.49. The van der Waals surface area contributed by atoms with Crippen LogP contribution in [-0.4, -0.2) is 10.2 Å². The van der Waals surface area contributed by atoms with Crippen molar-refractivity contribution in [3.63, 3.8) is 0 Å². The van der Waals surface area contributed by atoms with Gasteiger partial charge in [-0.2, -0.15) is 5.10 Å². The summed E-state index contributed by atoms with van der Waals surface area (Å²) < 4.78 is 0. The predicted octanol–water partition coefficient (Wildman–Crippen LogP) is 1.53. The lowest BCUT2D eigenvalue weighted by Crippen LogP contribution is -2.02. The molecule has 3 heteroatoms. The van der Waals surface area contributed by atoms with E-state index in [0.717, 1.165) is 0 Å². The highest BCUT2D eigenvalue weighted by Crippen LogP contribution is 2.34. The van der Waals surface area contributed by atoms with E-state index in [4.69, 9.17) is 5.73 Å². The second kappa shape index (κ2) is 3.27. The van der Waals surface area contributed by atoms with Crippen molar-refractivity contribution in [1.82, 2.24) is 10.2 Å². The lowest BCUT2D eigenvalue weighted by atomic mass is 10.0. The van der Waals surface area contributed by atoms with Gasteiger partial charge in [0, 0.05) is 23.7 Å². The van der Waals surface area contributed by atoms with Gasteiger partial charge in [-0.3, -0.25) is 5.10 Å². The maximum atomic E-state index is 5.60. The third-order valence-electron chi connectivity index (χ3n) is 2.73. The number of H-pyrrole nitrogens is 1. The number of aromatic nitrogens is 2. The molecule has 3 N–H and O–H groups in total. The van der Waals surface area contributed by atoms with E-state index in [0.29, 0.717) is 12.5 Å². The van der Waals surface area contributed by atoms with Gasteiger partial charge in [0.1, 0.15) is 0 Å². The summed E-state index contributed by atoms with van der Waals surface area (Å²) in [5.41, 5.74) is 8.09. The Labute approximate surface area is 72.4 Å². The summed E-state index contributed by atoms with van der Waals surface area (Å²) in [6, 6.07) is 0. The van der Waals surface area contributed by atoms with Crippen LogP contribution in [0.25, 0.3) is 0 Å². The molecule has 0 aliphatic heterocycles. The molecule has 12 heavy (non-hydrogen) atoms. The smallest absolute Gasteiger partial charge is 0.0535 e. The van der Waals surface area contributed by atoms with Gasteiger partial charge in [-0.1, -0.05) is 12.8 Å². The highest BCUT2D eigenvalue weighted by atomic mass is 15.1. The number of rotatable bonds is 2. The van der Waals surface area contributed by atoms with Crippen LogP contribution < -0.4 is 5.73 Å². The summed E-state index contributed by atoms with van der Waals surface area (Å²) in [4.78, 5) is 0. The fourth-order valence-corrected chi connectivity index (χ4v) is 2.05. The Morgan fingerprint density at radius 3 is 2.92 bits per heavy atom. The van der Waals surface area contributed by atoms with Crippen molar-refractivity contribution in [2.75, 3.05) is 0 Å². The maximum Gasteiger partial charge on any atom is 0.0535 e. The van der Waals surface area contributed by atoms with E-state index < -0.39 is 0 Å². The minimum Gasteiger partial charge on any atom is -0.326 e. The van der Waals surface area contributed by atoms with Gasteiger partial charge < -0.3 is 5.73 Å². The molecule has 66 valence electrons. The van der Waals surface area contributed by atoms with E-state index in [1.165, 1.54) is 36.9 Å². The van der Waals surface area contributed by atoms with Crippen LogP contribution in [-0.2, 0) is 6.54 Å². The SMILES string of the molecule is NCc1cn[nH]c1C1CCCC1. The van der Waals surface area contributed by atoms with Crippen LogP contribution in [0.15, 0.2) is 6.20 Å². The minimum atomic E-state index is 0.613. The Kier molecular flexibility index (Phi) is 2.13. The molecule has 0 atom stereocenters. The van der Waals surface area contributed by atoms with Gasteiger partial charge >= 0.3 is 0 Å². The minimum absolute atomic E-state index is 0.613. The Morgan fingerprint density at radius 1 is 1.50 bits per heavy atom. The zero-order chi connectivity index (χ0) is 8.39. The molecule has 1 aromatic rings. The second-order valence-corrected chi connectivity index (χ2v) is 3.49. The molecule has 1 heterocycles.